The van der Waals surface area contributed by atoms with Crippen LogP contribution in [0.3, 0.4) is 0 Å². The summed E-state index contributed by atoms with van der Waals surface area (Å²) in [5.41, 5.74) is 6.40. The molecule has 46 heavy (non-hydrogen) atoms. The van der Waals surface area contributed by atoms with E-state index in [1.54, 1.807) is 31.3 Å². The zero-order chi connectivity index (χ0) is 33.6. The van der Waals surface area contributed by atoms with E-state index in [1.165, 1.54) is 47.1 Å². The molecule has 0 bridgehead atoms. The van der Waals surface area contributed by atoms with Crippen LogP contribution in [0.25, 0.3) is 11.3 Å². The number of carbonyl (C=O) groups is 1. The van der Waals surface area contributed by atoms with Crippen molar-refractivity contribution in [2.45, 2.75) is 51.2 Å². The monoisotopic (exact) mass is 676 g/mol. The number of pyridine rings is 1. The highest BCUT2D eigenvalue weighted by Crippen LogP contribution is 2.39. The summed E-state index contributed by atoms with van der Waals surface area (Å²) in [5, 5.41) is 7.72. The Morgan fingerprint density at radius 1 is 1.09 bits per heavy atom. The highest BCUT2D eigenvalue weighted by Gasteiger charge is 2.29. The third kappa shape index (κ3) is 8.86. The van der Waals surface area contributed by atoms with Gasteiger partial charge in [-0.2, -0.15) is 13.9 Å². The van der Waals surface area contributed by atoms with Crippen molar-refractivity contribution in [3.8, 4) is 17.0 Å². The van der Waals surface area contributed by atoms with Crippen LogP contribution >= 0.6 is 0 Å². The average Bonchev–Trinajstić information content (AvgIpc) is 3.33. The van der Waals surface area contributed by atoms with Gasteiger partial charge >= 0.3 is 5.76 Å². The molecule has 1 amide bonds. The zero-order valence-corrected chi connectivity index (χ0v) is 27.4. The van der Waals surface area contributed by atoms with Gasteiger partial charge in [-0.05, 0) is 54.9 Å². The van der Waals surface area contributed by atoms with Gasteiger partial charge in [-0.25, -0.2) is 22.5 Å². The number of carbonyl (C=O) groups excluding carboxylic acids is 1. The number of amides is 1. The van der Waals surface area contributed by atoms with Crippen molar-refractivity contribution in [1.29, 1.82) is 0 Å². The maximum atomic E-state index is 13.6. The summed E-state index contributed by atoms with van der Waals surface area (Å²) >= 11 is 0. The van der Waals surface area contributed by atoms with E-state index < -0.39 is 41.7 Å². The molecule has 0 radical (unpaired) electrons. The van der Waals surface area contributed by atoms with E-state index in [-0.39, 0.29) is 40.8 Å². The van der Waals surface area contributed by atoms with Gasteiger partial charge in [-0.15, -0.1) is 0 Å². The van der Waals surface area contributed by atoms with Crippen molar-refractivity contribution in [3.05, 3.63) is 83.8 Å². The second kappa shape index (κ2) is 14.3. The lowest BCUT2D eigenvalue weighted by Gasteiger charge is -2.19. The molecular weight excluding hydrogens is 642 g/mol. The molecule has 0 aliphatic rings. The molecule has 0 saturated heterocycles. The summed E-state index contributed by atoms with van der Waals surface area (Å²) in [4.78, 5) is 17.3. The van der Waals surface area contributed by atoms with Crippen molar-refractivity contribution in [3.63, 3.8) is 0 Å². The minimum Gasteiger partial charge on any atom is -0.485 e. The average molecular weight is 677 g/mol. The Labute approximate surface area is 266 Å². The fourth-order valence-corrected chi connectivity index (χ4v) is 5.57. The smallest absolute Gasteiger partial charge is 0.355 e. The minimum absolute atomic E-state index is 0.0255. The topological polar surface area (TPSA) is 150 Å². The van der Waals surface area contributed by atoms with Crippen molar-refractivity contribution in [2.24, 2.45) is 5.73 Å². The molecule has 0 aliphatic carbocycles. The molecule has 2 heterocycles. The number of anilines is 3. The van der Waals surface area contributed by atoms with E-state index in [2.05, 4.69) is 35.0 Å². The van der Waals surface area contributed by atoms with Gasteiger partial charge in [0.15, 0.2) is 0 Å². The number of nitrogens with two attached hydrogens (primary N) is 1. The Kier molecular flexibility index (Phi) is 10.7. The summed E-state index contributed by atoms with van der Waals surface area (Å²) in [7, 11) is -6.44. The lowest BCUT2D eigenvalue weighted by atomic mass is 10.0. The number of hydrogen-bond donors (Lipinski definition) is 3. The first-order valence-electron chi connectivity index (χ1n) is 14.2. The minimum atomic E-state index is -5.02. The van der Waals surface area contributed by atoms with Crippen LogP contribution in [0.1, 0.15) is 28.9 Å². The van der Waals surface area contributed by atoms with E-state index >= 15 is 0 Å². The van der Waals surface area contributed by atoms with E-state index in [1.807, 2.05) is 4.72 Å². The Hall–Kier alpha value is -4.41. The molecule has 2 aromatic carbocycles. The van der Waals surface area contributed by atoms with Crippen molar-refractivity contribution >= 4 is 41.3 Å². The number of sulfonamides is 1. The number of nitrogens with zero attached hydrogens (tertiary/aromatic N) is 3. The second-order valence-corrected chi connectivity index (χ2v) is 18.8. The fourth-order valence-electron chi connectivity index (χ4n) is 4.27. The van der Waals surface area contributed by atoms with Crippen LogP contribution in [0.2, 0.25) is 25.7 Å². The van der Waals surface area contributed by atoms with Gasteiger partial charge in [0.2, 0.25) is 0 Å². The number of alkyl halides is 2. The first-order valence-corrected chi connectivity index (χ1v) is 19.4. The molecule has 0 saturated carbocycles. The van der Waals surface area contributed by atoms with Crippen LogP contribution < -0.4 is 20.5 Å². The summed E-state index contributed by atoms with van der Waals surface area (Å²) in [6, 6.07) is 15.3. The third-order valence-electron chi connectivity index (χ3n) is 6.69. The molecule has 2 aromatic heterocycles. The number of halogens is 3. The van der Waals surface area contributed by atoms with E-state index in [0.717, 1.165) is 6.04 Å². The molecule has 4 aromatic rings. The molecule has 1 atom stereocenters. The second-order valence-electron chi connectivity index (χ2n) is 11.6. The van der Waals surface area contributed by atoms with Gasteiger partial charge in [-0.3, -0.25) is 9.52 Å². The van der Waals surface area contributed by atoms with Crippen LogP contribution in [-0.4, -0.2) is 49.5 Å². The number of aromatic nitrogens is 3. The number of benzene rings is 2. The quantitative estimate of drug-likeness (QED) is 0.0975. The molecule has 0 unspecified atom stereocenters. The maximum Gasteiger partial charge on any atom is 0.355 e. The first-order chi connectivity index (χ1) is 21.6. The van der Waals surface area contributed by atoms with E-state index in [0.29, 0.717) is 18.0 Å². The predicted molar refractivity (Wildman–Crippen MR) is 172 cm³/mol. The predicted octanol–water partition coefficient (Wildman–Crippen LogP) is 6.34. The molecule has 246 valence electrons. The highest BCUT2D eigenvalue weighted by atomic mass is 32.2. The summed E-state index contributed by atoms with van der Waals surface area (Å²) in [5.74, 6) is -4.47. The standard InChI is InChI=1S/C30H35F3N6O5SSi/c1-19(20-8-10-21(31)11-9-20)44-24-17-22(38-45(41,42)30(32)33)12-13-23(24)27-26(28(34)40)29(36-25-7-5-6-14-35-25)39(37-27)18-43-15-16-46(2,3)4/h5-14,17,19,30,38H,15-16,18H2,1-4H3,(H2,34,40)(H,35,36)/t19-/m0/s1. The van der Waals surface area contributed by atoms with Gasteiger partial charge in [0.05, 0.1) is 5.69 Å². The largest absolute Gasteiger partial charge is 0.485 e. The molecule has 11 nitrogen and oxygen atoms in total. The lowest BCUT2D eigenvalue weighted by molar-refractivity contribution is 0.0802. The number of nitrogens with one attached hydrogen (secondary N) is 2. The molecule has 4 rings (SSSR count). The lowest BCUT2D eigenvalue weighted by Crippen LogP contribution is -2.22. The Bertz CT molecular complexity index is 1770. The van der Waals surface area contributed by atoms with Gasteiger partial charge < -0.3 is 20.5 Å². The van der Waals surface area contributed by atoms with Crippen molar-refractivity contribution < 1.29 is 35.9 Å². The fraction of sp³-hybridized carbons (Fsp3) is 0.300. The normalized spacial score (nSPS) is 12.6. The maximum absolute atomic E-state index is 13.6. The van der Waals surface area contributed by atoms with Gasteiger partial charge in [-0.1, -0.05) is 37.8 Å². The number of primary amides is 1. The van der Waals surface area contributed by atoms with E-state index in [9.17, 15) is 26.4 Å². The van der Waals surface area contributed by atoms with E-state index in [4.69, 9.17) is 15.2 Å². The Morgan fingerprint density at radius 3 is 2.41 bits per heavy atom. The first kappa shape index (κ1) is 34.5. The molecule has 0 fully saturated rings. The van der Waals surface area contributed by atoms with Crippen LogP contribution in [-0.2, 0) is 21.5 Å². The number of ether oxygens (including phenoxy) is 2. The van der Waals surface area contributed by atoms with Crippen molar-refractivity contribution in [1.82, 2.24) is 14.8 Å². The van der Waals surface area contributed by atoms with Gasteiger partial charge in [0.1, 0.15) is 47.3 Å². The van der Waals surface area contributed by atoms with Crippen LogP contribution in [0.4, 0.5) is 30.5 Å². The molecule has 0 spiro atoms. The Morgan fingerprint density at radius 2 is 1.80 bits per heavy atom. The van der Waals surface area contributed by atoms with Crippen LogP contribution in [0.15, 0.2) is 66.9 Å². The highest BCUT2D eigenvalue weighted by molar-refractivity contribution is 7.93. The number of rotatable bonds is 15. The zero-order valence-electron chi connectivity index (χ0n) is 25.6. The number of hydrogen-bond acceptors (Lipinski definition) is 8. The molecule has 4 N–H and O–H groups in total. The molecule has 0 aliphatic heterocycles. The summed E-state index contributed by atoms with van der Waals surface area (Å²) in [6.07, 6.45) is 0.816. The summed E-state index contributed by atoms with van der Waals surface area (Å²) in [6.45, 7) is 8.67. The Balaban J connectivity index is 1.84. The molecular formula is C30H35F3N6O5SSi. The third-order valence-corrected chi connectivity index (χ3v) is 9.39. The van der Waals surface area contributed by atoms with Crippen LogP contribution in [0, 0.1) is 5.82 Å². The van der Waals surface area contributed by atoms with Gasteiger partial charge in [0, 0.05) is 32.5 Å². The van der Waals surface area contributed by atoms with Crippen molar-refractivity contribution in [2.75, 3.05) is 16.6 Å². The van der Waals surface area contributed by atoms with Gasteiger partial charge in [0.25, 0.3) is 15.9 Å². The molecule has 16 heteroatoms. The van der Waals surface area contributed by atoms with Crippen LogP contribution in [0.5, 0.6) is 5.75 Å². The summed E-state index contributed by atoms with van der Waals surface area (Å²) < 4.78 is 79.2. The SMILES string of the molecule is C[C@H](Oc1cc(NS(=O)(=O)C(F)F)ccc1-c1nn(COCC[Si](C)(C)C)c(Nc2ccccn2)c1C(N)=O)c1ccc(F)cc1.